The molecule has 118 valence electrons. The number of hydrogen-bond acceptors (Lipinski definition) is 4. The Morgan fingerprint density at radius 1 is 1.32 bits per heavy atom. The van der Waals surface area contributed by atoms with Gasteiger partial charge in [0, 0.05) is 12.3 Å². The monoisotopic (exact) mass is 324 g/mol. The molecule has 2 saturated heterocycles. The molecule has 0 aliphatic carbocycles. The van der Waals surface area contributed by atoms with Gasteiger partial charge in [-0.1, -0.05) is 0 Å². The van der Waals surface area contributed by atoms with Gasteiger partial charge < -0.3 is 10.1 Å². The second-order valence-electron chi connectivity index (χ2n) is 5.43. The summed E-state index contributed by atoms with van der Waals surface area (Å²) in [6, 6.07) is 5.44. The van der Waals surface area contributed by atoms with Gasteiger partial charge in [-0.2, -0.15) is 11.8 Å². The van der Waals surface area contributed by atoms with Gasteiger partial charge in [0.25, 0.3) is 5.91 Å². The molecule has 0 unspecified atom stereocenters. The average molecular weight is 324 g/mol. The van der Waals surface area contributed by atoms with Crippen LogP contribution >= 0.6 is 11.8 Å². The number of rotatable bonds is 5. The molecule has 1 aromatic carbocycles. The number of thioether (sulfide) groups is 1. The molecule has 1 atom stereocenters. The third-order valence-electron chi connectivity index (χ3n) is 3.88. The standard InChI is InChI=1S/C15H17FN2O3S/c16-11-2-4-12(5-3-11)21-8-1-7-18-13(19)15(17-14(18)20)6-9-22-10-15/h2-5H,1,6-10H2,(H,17,20)/t15-/m1/s1. The van der Waals surface area contributed by atoms with Gasteiger partial charge in [0.05, 0.1) is 6.61 Å². The van der Waals surface area contributed by atoms with Crippen LogP contribution in [0, 0.1) is 5.82 Å². The Kier molecular flexibility index (Phi) is 4.24. The molecule has 2 aliphatic rings. The third kappa shape index (κ3) is 2.90. The van der Waals surface area contributed by atoms with Crippen molar-refractivity contribution in [3.05, 3.63) is 30.1 Å². The first-order chi connectivity index (χ1) is 10.6. The van der Waals surface area contributed by atoms with Gasteiger partial charge in [-0.05, 0) is 42.9 Å². The van der Waals surface area contributed by atoms with Crippen molar-refractivity contribution in [1.29, 1.82) is 0 Å². The molecule has 2 aliphatic heterocycles. The summed E-state index contributed by atoms with van der Waals surface area (Å²) in [7, 11) is 0. The number of amides is 3. The van der Waals surface area contributed by atoms with Crippen LogP contribution in [-0.2, 0) is 4.79 Å². The summed E-state index contributed by atoms with van der Waals surface area (Å²) in [5.41, 5.74) is -0.681. The van der Waals surface area contributed by atoms with Crippen molar-refractivity contribution in [2.24, 2.45) is 0 Å². The van der Waals surface area contributed by atoms with E-state index in [1.807, 2.05) is 0 Å². The molecular weight excluding hydrogens is 307 g/mol. The lowest BCUT2D eigenvalue weighted by Crippen LogP contribution is -2.47. The maximum atomic E-state index is 12.8. The van der Waals surface area contributed by atoms with Crippen LogP contribution < -0.4 is 10.1 Å². The lowest BCUT2D eigenvalue weighted by molar-refractivity contribution is -0.130. The van der Waals surface area contributed by atoms with Gasteiger partial charge in [0.1, 0.15) is 17.1 Å². The van der Waals surface area contributed by atoms with Gasteiger partial charge in [0.15, 0.2) is 0 Å². The van der Waals surface area contributed by atoms with Crippen LogP contribution in [0.15, 0.2) is 24.3 Å². The highest BCUT2D eigenvalue weighted by Gasteiger charge is 2.52. The minimum atomic E-state index is -0.681. The summed E-state index contributed by atoms with van der Waals surface area (Å²) >= 11 is 1.69. The molecule has 3 amide bonds. The Morgan fingerprint density at radius 2 is 2.09 bits per heavy atom. The highest BCUT2D eigenvalue weighted by Crippen LogP contribution is 2.33. The van der Waals surface area contributed by atoms with Gasteiger partial charge >= 0.3 is 6.03 Å². The Bertz CT molecular complexity index is 573. The highest BCUT2D eigenvalue weighted by atomic mass is 32.2. The van der Waals surface area contributed by atoms with E-state index in [0.29, 0.717) is 37.5 Å². The molecule has 1 spiro atoms. The first-order valence-corrected chi connectivity index (χ1v) is 8.36. The number of nitrogens with zero attached hydrogens (tertiary/aromatic N) is 1. The topological polar surface area (TPSA) is 58.6 Å². The molecule has 0 saturated carbocycles. The largest absolute Gasteiger partial charge is 0.494 e. The van der Waals surface area contributed by atoms with Gasteiger partial charge in [-0.15, -0.1) is 0 Å². The molecule has 0 aromatic heterocycles. The van der Waals surface area contributed by atoms with E-state index in [0.717, 1.165) is 5.75 Å². The molecular formula is C15H17FN2O3S. The van der Waals surface area contributed by atoms with E-state index in [1.54, 1.807) is 23.9 Å². The maximum Gasteiger partial charge on any atom is 0.325 e. The first-order valence-electron chi connectivity index (χ1n) is 7.21. The van der Waals surface area contributed by atoms with Crippen molar-refractivity contribution in [1.82, 2.24) is 10.2 Å². The summed E-state index contributed by atoms with van der Waals surface area (Å²) < 4.78 is 18.2. The summed E-state index contributed by atoms with van der Waals surface area (Å²) in [6.07, 6.45) is 1.24. The second kappa shape index (κ2) is 6.16. The zero-order valence-corrected chi connectivity index (χ0v) is 12.8. The summed E-state index contributed by atoms with van der Waals surface area (Å²) in [4.78, 5) is 25.6. The normalized spacial score (nSPS) is 24.1. The summed E-state index contributed by atoms with van der Waals surface area (Å²) in [5, 5.41) is 2.83. The zero-order chi connectivity index (χ0) is 15.6. The van der Waals surface area contributed by atoms with E-state index in [9.17, 15) is 14.0 Å². The predicted molar refractivity (Wildman–Crippen MR) is 81.4 cm³/mol. The Balaban J connectivity index is 1.48. The van der Waals surface area contributed by atoms with Crippen molar-refractivity contribution in [3.63, 3.8) is 0 Å². The number of urea groups is 1. The van der Waals surface area contributed by atoms with E-state index in [2.05, 4.69) is 5.32 Å². The summed E-state index contributed by atoms with van der Waals surface area (Å²) in [5.74, 6) is 1.69. The van der Waals surface area contributed by atoms with Gasteiger partial charge in [-0.25, -0.2) is 9.18 Å². The molecule has 2 heterocycles. The Morgan fingerprint density at radius 3 is 2.77 bits per heavy atom. The minimum Gasteiger partial charge on any atom is -0.494 e. The molecule has 0 radical (unpaired) electrons. The van der Waals surface area contributed by atoms with Crippen LogP contribution in [0.3, 0.4) is 0 Å². The van der Waals surface area contributed by atoms with Crippen molar-refractivity contribution < 1.29 is 18.7 Å². The Labute approximate surface area is 132 Å². The molecule has 5 nitrogen and oxygen atoms in total. The highest BCUT2D eigenvalue weighted by molar-refractivity contribution is 7.99. The molecule has 1 N–H and O–H groups in total. The molecule has 3 rings (SSSR count). The third-order valence-corrected chi connectivity index (χ3v) is 5.07. The number of carbonyl (C=O) groups excluding carboxylic acids is 2. The van der Waals surface area contributed by atoms with E-state index < -0.39 is 5.54 Å². The van der Waals surface area contributed by atoms with Gasteiger partial charge in [0.2, 0.25) is 0 Å². The van der Waals surface area contributed by atoms with Crippen LogP contribution in [0.2, 0.25) is 0 Å². The Hall–Kier alpha value is -1.76. The predicted octanol–water partition coefficient (Wildman–Crippen LogP) is 2.02. The van der Waals surface area contributed by atoms with Crippen molar-refractivity contribution in [2.45, 2.75) is 18.4 Å². The number of hydrogen-bond donors (Lipinski definition) is 1. The zero-order valence-electron chi connectivity index (χ0n) is 12.0. The number of nitrogens with one attached hydrogen (secondary N) is 1. The smallest absolute Gasteiger partial charge is 0.325 e. The average Bonchev–Trinajstić information content (AvgIpc) is 3.06. The minimum absolute atomic E-state index is 0.121. The van der Waals surface area contributed by atoms with E-state index in [1.165, 1.54) is 17.0 Å². The number of halogens is 1. The van der Waals surface area contributed by atoms with Crippen molar-refractivity contribution in [2.75, 3.05) is 24.7 Å². The van der Waals surface area contributed by atoms with Crippen LogP contribution in [-0.4, -0.2) is 47.0 Å². The van der Waals surface area contributed by atoms with Crippen LogP contribution in [0.4, 0.5) is 9.18 Å². The number of benzene rings is 1. The molecule has 2 fully saturated rings. The molecule has 22 heavy (non-hydrogen) atoms. The maximum absolute atomic E-state index is 12.8. The number of imide groups is 1. The fourth-order valence-corrected chi connectivity index (χ4v) is 3.98. The van der Waals surface area contributed by atoms with Crippen LogP contribution in [0.25, 0.3) is 0 Å². The van der Waals surface area contributed by atoms with Gasteiger partial charge in [-0.3, -0.25) is 9.69 Å². The molecule has 1 aromatic rings. The van der Waals surface area contributed by atoms with Crippen molar-refractivity contribution in [3.8, 4) is 5.75 Å². The number of carbonyl (C=O) groups is 2. The lowest BCUT2D eigenvalue weighted by atomic mass is 9.99. The quantitative estimate of drug-likeness (QED) is 0.665. The summed E-state index contributed by atoms with van der Waals surface area (Å²) in [6.45, 7) is 0.697. The first kappa shape index (κ1) is 15.1. The fourth-order valence-electron chi connectivity index (χ4n) is 2.66. The molecule has 0 bridgehead atoms. The van der Waals surface area contributed by atoms with Crippen LogP contribution in [0.1, 0.15) is 12.8 Å². The SMILES string of the molecule is O=C1N[C@@]2(CCSC2)C(=O)N1CCCOc1ccc(F)cc1. The van der Waals surface area contributed by atoms with E-state index >= 15 is 0 Å². The van der Waals surface area contributed by atoms with Crippen LogP contribution in [0.5, 0.6) is 5.75 Å². The second-order valence-corrected chi connectivity index (χ2v) is 6.53. The molecule has 7 heteroatoms. The number of ether oxygens (including phenoxy) is 1. The fraction of sp³-hybridized carbons (Fsp3) is 0.467. The van der Waals surface area contributed by atoms with Crippen molar-refractivity contribution >= 4 is 23.7 Å². The lowest BCUT2D eigenvalue weighted by Gasteiger charge is -2.19. The van der Waals surface area contributed by atoms with E-state index in [-0.39, 0.29) is 17.8 Å². The van der Waals surface area contributed by atoms with E-state index in [4.69, 9.17) is 4.74 Å².